The molecule has 0 unspecified atom stereocenters. The maximum absolute atomic E-state index is 6.49. The lowest BCUT2D eigenvalue weighted by Crippen LogP contribution is -1.97. The molecule has 0 atom stereocenters. The van der Waals surface area contributed by atoms with E-state index < -0.39 is 0 Å². The Labute approximate surface area is 421 Å². The number of ether oxygens (including phenoxy) is 6. The molecule has 0 spiro atoms. The first-order valence-corrected chi connectivity index (χ1v) is 24.1. The van der Waals surface area contributed by atoms with Crippen molar-refractivity contribution in [3.63, 3.8) is 0 Å². The number of aryl methyl sites for hydroxylation is 2. The van der Waals surface area contributed by atoms with Crippen molar-refractivity contribution in [2.24, 2.45) is 0 Å². The van der Waals surface area contributed by atoms with Crippen LogP contribution in [0.3, 0.4) is 0 Å². The van der Waals surface area contributed by atoms with Crippen LogP contribution in [0.4, 0.5) is 0 Å². The van der Waals surface area contributed by atoms with E-state index in [-0.39, 0.29) is 0 Å². The van der Waals surface area contributed by atoms with Gasteiger partial charge in [0.15, 0.2) is 23.3 Å². The summed E-state index contributed by atoms with van der Waals surface area (Å²) in [6, 6.07) is 36.8. The van der Waals surface area contributed by atoms with E-state index in [1.807, 2.05) is 60.7 Å². The summed E-state index contributed by atoms with van der Waals surface area (Å²) < 4.78 is 38.5. The summed E-state index contributed by atoms with van der Waals surface area (Å²) >= 11 is 0. The first-order chi connectivity index (χ1) is 36.3. The van der Waals surface area contributed by atoms with Gasteiger partial charge in [0.25, 0.3) is 0 Å². The molecule has 12 aromatic rings. The van der Waals surface area contributed by atoms with Crippen LogP contribution in [-0.2, 0) is 0 Å². The molecular weight excluding hydrogens is 929 g/mol. The third-order valence-corrected chi connectivity index (χ3v) is 14.9. The van der Waals surface area contributed by atoms with Gasteiger partial charge in [-0.2, -0.15) is 0 Å². The fourth-order valence-electron chi connectivity index (χ4n) is 11.8. The second kappa shape index (κ2) is 16.0. The van der Waals surface area contributed by atoms with Gasteiger partial charge in [-0.25, -0.2) is 29.9 Å². The number of nitrogens with one attached hydrogen (secondary N) is 2. The van der Waals surface area contributed by atoms with E-state index >= 15 is 0 Å². The van der Waals surface area contributed by atoms with Gasteiger partial charge in [0.2, 0.25) is 0 Å². The molecule has 14 rings (SSSR count). The molecule has 0 radical (unpaired) electrons. The lowest BCUT2D eigenvalue weighted by atomic mass is 9.95. The zero-order valence-electron chi connectivity index (χ0n) is 41.5. The van der Waals surface area contributed by atoms with Crippen LogP contribution in [0.5, 0.6) is 34.5 Å². The van der Waals surface area contributed by atoms with Crippen molar-refractivity contribution in [2.75, 3.05) is 42.7 Å². The summed E-state index contributed by atoms with van der Waals surface area (Å²) in [5.74, 6) is 4.81. The molecule has 360 valence electrons. The predicted molar refractivity (Wildman–Crippen MR) is 292 cm³/mol. The lowest BCUT2D eigenvalue weighted by Gasteiger charge is -2.16. The van der Waals surface area contributed by atoms with Crippen molar-refractivity contribution in [2.45, 2.75) is 13.8 Å². The van der Waals surface area contributed by atoms with E-state index in [1.54, 1.807) is 42.7 Å². The number of methoxy groups -OCH3 is 6. The van der Waals surface area contributed by atoms with Crippen LogP contribution in [0.25, 0.3) is 144 Å². The summed E-state index contributed by atoms with van der Waals surface area (Å²) in [5, 5.41) is 12.1. The van der Waals surface area contributed by atoms with E-state index in [2.05, 4.69) is 72.3 Å². The smallest absolute Gasteiger partial charge is 0.168 e. The third-order valence-electron chi connectivity index (χ3n) is 14.9. The molecule has 0 amide bonds. The zero-order valence-corrected chi connectivity index (χ0v) is 41.5. The zero-order chi connectivity index (χ0) is 50.3. The molecule has 3 aromatic heterocycles. The molecule has 2 aliphatic heterocycles. The van der Waals surface area contributed by atoms with Gasteiger partial charge in [0, 0.05) is 43.1 Å². The van der Waals surface area contributed by atoms with Crippen molar-refractivity contribution in [3.05, 3.63) is 120 Å². The van der Waals surface area contributed by atoms with Crippen molar-refractivity contribution >= 4 is 98.0 Å². The number of aromatic nitrogens is 8. The molecule has 0 saturated heterocycles. The van der Waals surface area contributed by atoms with Crippen LogP contribution < -0.4 is 28.4 Å². The summed E-state index contributed by atoms with van der Waals surface area (Å²) in [6.45, 7) is 4.17. The van der Waals surface area contributed by atoms with Crippen molar-refractivity contribution in [1.82, 2.24) is 39.9 Å². The molecule has 2 N–H and O–H groups in total. The number of H-pyrrole nitrogens is 2. The van der Waals surface area contributed by atoms with Gasteiger partial charge < -0.3 is 38.4 Å². The van der Waals surface area contributed by atoms with E-state index in [1.165, 1.54) is 0 Å². The first-order valence-electron chi connectivity index (χ1n) is 24.1. The Hall–Kier alpha value is -9.56. The summed E-state index contributed by atoms with van der Waals surface area (Å²) in [6.07, 6.45) is 0. The topological polar surface area (TPSA) is 164 Å². The van der Waals surface area contributed by atoms with Crippen molar-refractivity contribution in [3.8, 4) is 80.0 Å². The molecular formula is C60H44N8O6. The number of rotatable bonds is 6. The number of fused-ring (bicyclic) bond motifs is 25. The number of benzene rings is 9. The van der Waals surface area contributed by atoms with Crippen LogP contribution in [0.1, 0.15) is 11.1 Å². The van der Waals surface area contributed by atoms with Gasteiger partial charge in [0.1, 0.15) is 57.1 Å². The minimum Gasteiger partial charge on any atom is -0.495 e. The van der Waals surface area contributed by atoms with Gasteiger partial charge in [0.05, 0.1) is 75.7 Å². The Morgan fingerprint density at radius 2 is 0.568 bits per heavy atom. The highest BCUT2D eigenvalue weighted by molar-refractivity contribution is 6.21. The Bertz CT molecular complexity index is 4390. The SMILES string of the molecule is COc1c2c(c(OC)c3ccccc13)-c1nc-2nc2[nH]c(nc3nc(nc4[nH]c(n1)c1c(C)c5ccccc5c(OC)c41)-c1c-3c(OC)c3cc4ccccc4cc3c1OC)c1c(OC)c3ccccc3c(C)c21. The van der Waals surface area contributed by atoms with Gasteiger partial charge in [-0.15, -0.1) is 0 Å². The van der Waals surface area contributed by atoms with E-state index in [9.17, 15) is 0 Å². The summed E-state index contributed by atoms with van der Waals surface area (Å²) in [5.41, 5.74) is 6.17. The lowest BCUT2D eigenvalue weighted by molar-refractivity contribution is 0.413. The minimum absolute atomic E-state index is 0.324. The molecule has 0 fully saturated rings. The maximum atomic E-state index is 6.49. The molecule has 14 heteroatoms. The van der Waals surface area contributed by atoms with E-state index in [0.717, 1.165) is 75.8 Å². The normalized spacial score (nSPS) is 12.1. The molecule has 74 heavy (non-hydrogen) atoms. The monoisotopic (exact) mass is 972 g/mol. The number of hydrogen-bond acceptors (Lipinski definition) is 12. The van der Waals surface area contributed by atoms with E-state index in [0.29, 0.717) is 113 Å². The molecule has 0 aliphatic carbocycles. The van der Waals surface area contributed by atoms with Crippen LogP contribution in [-0.4, -0.2) is 82.5 Å². The Morgan fingerprint density at radius 3 is 0.892 bits per heavy atom. The molecule has 0 saturated carbocycles. The average molecular weight is 973 g/mol. The second-order valence-electron chi connectivity index (χ2n) is 18.4. The fraction of sp³-hybridized carbons (Fsp3) is 0.133. The number of aromatic amines is 2. The minimum atomic E-state index is 0.324. The van der Waals surface area contributed by atoms with Crippen molar-refractivity contribution < 1.29 is 28.4 Å². The van der Waals surface area contributed by atoms with Gasteiger partial charge in [-0.1, -0.05) is 97.1 Å². The standard InChI is InChI=1S/C60H44N8O6/c1-27-31-19-11-13-21-33(31)47(69-3)41-39(27)53-61-55(41)65-59-45-46(52(74-8)38-26-30-18-10-9-17-29(30)25-37(38)51(45)73-7)60(68-59)66-56-42-40(28(2)32-20-12-14-22-34(32)48(42)70-4)54(62-56)64-58-44-43(57(63-53)67-58)49(71-5)35-23-15-16-24-36(35)50(44)72-6/h9-26H,1-8H3,(H2,61,62,63,64,65,66,67,68). The van der Waals surface area contributed by atoms with Crippen LogP contribution in [0, 0.1) is 13.8 Å². The quantitative estimate of drug-likeness (QED) is 0.152. The van der Waals surface area contributed by atoms with Crippen LogP contribution in [0.2, 0.25) is 0 Å². The van der Waals surface area contributed by atoms with Gasteiger partial charge in [-0.05, 0) is 58.7 Å². The summed E-state index contributed by atoms with van der Waals surface area (Å²) in [4.78, 5) is 40.2. The summed E-state index contributed by atoms with van der Waals surface area (Å²) in [7, 11) is 10.0. The Kier molecular flexibility index (Phi) is 9.33. The highest BCUT2D eigenvalue weighted by atomic mass is 16.5. The molecule has 2 aliphatic rings. The largest absolute Gasteiger partial charge is 0.495 e. The van der Waals surface area contributed by atoms with E-state index in [4.69, 9.17) is 58.3 Å². The third kappa shape index (κ3) is 5.75. The highest BCUT2D eigenvalue weighted by Gasteiger charge is 2.34. The highest BCUT2D eigenvalue weighted by Crippen LogP contribution is 2.55. The average Bonchev–Trinajstić information content (AvgIpc) is 4.20. The molecule has 8 bridgehead atoms. The predicted octanol–water partition coefficient (Wildman–Crippen LogP) is 13.3. The molecule has 5 heterocycles. The van der Waals surface area contributed by atoms with Crippen molar-refractivity contribution in [1.29, 1.82) is 0 Å². The van der Waals surface area contributed by atoms with Crippen LogP contribution >= 0.6 is 0 Å². The molecule has 9 aromatic carbocycles. The number of nitrogens with zero attached hydrogens (tertiary/aromatic N) is 6. The Morgan fingerprint density at radius 1 is 0.297 bits per heavy atom. The van der Waals surface area contributed by atoms with Gasteiger partial charge >= 0.3 is 0 Å². The fourth-order valence-corrected chi connectivity index (χ4v) is 11.8. The number of hydrogen-bond donors (Lipinski definition) is 2. The first kappa shape index (κ1) is 43.2. The van der Waals surface area contributed by atoms with Gasteiger partial charge in [-0.3, -0.25) is 0 Å². The second-order valence-corrected chi connectivity index (χ2v) is 18.4. The van der Waals surface area contributed by atoms with Crippen LogP contribution in [0.15, 0.2) is 109 Å². The Balaban J connectivity index is 1.27. The maximum Gasteiger partial charge on any atom is 0.168 e. The molecule has 14 nitrogen and oxygen atoms in total.